The Morgan fingerprint density at radius 2 is 0.547 bits per heavy atom. The summed E-state index contributed by atoms with van der Waals surface area (Å²) in [7, 11) is -1.32. The Hall–Kier alpha value is -15.5. The van der Waals surface area contributed by atoms with Gasteiger partial charge in [-0.25, -0.2) is 14.6 Å². The van der Waals surface area contributed by atoms with E-state index < -0.39 is 8.07 Å². The van der Waals surface area contributed by atoms with E-state index in [1.54, 1.807) is 66.7 Å². The van der Waals surface area contributed by atoms with Gasteiger partial charge < -0.3 is 44.8 Å². The second-order valence-electron chi connectivity index (χ2n) is 36.1. The van der Waals surface area contributed by atoms with Gasteiger partial charge in [-0.1, -0.05) is 227 Å². The number of halogens is 4. The normalized spacial score (nSPS) is 10.4. The molecule has 0 atom stereocenters. The quantitative estimate of drug-likeness (QED) is 0.00489. The van der Waals surface area contributed by atoms with Crippen molar-refractivity contribution in [3.63, 3.8) is 0 Å². The maximum absolute atomic E-state index is 11.1. The summed E-state index contributed by atoms with van der Waals surface area (Å²) in [4.78, 5) is 21.1. The summed E-state index contributed by atoms with van der Waals surface area (Å²) in [5.41, 5.74) is 31.4. The summed E-state index contributed by atoms with van der Waals surface area (Å²) in [6, 6.07) is 114. The van der Waals surface area contributed by atoms with Gasteiger partial charge in [0, 0.05) is 77.8 Å². The first-order valence-corrected chi connectivity index (χ1v) is 56.2. The Balaban J connectivity index is 0.000000163. The van der Waals surface area contributed by atoms with Crippen LogP contribution in [-0.2, 0) is 19.3 Å². The van der Waals surface area contributed by atoms with Gasteiger partial charge in [0.1, 0.15) is 60.7 Å². The standard InChI is InChI=1S/C48H48O6.C30H18O2.C15H16OSi.C12H11BrO.C12H8O.C10H7BrO.C6H4I2/c1-3-29-53-54-33-12-8-7-10-31-51-47-36-44-27-23-41(24-28-45(44)37-47)20-18-39-15-13-38(14-16-39)17-19-40-21-25-42-34-46(35-43(42)26-22-40)50-30-9-5-6-11-32-52-48(49)4-2;31-29-17-25-13-9-23(10-14-26(25)18-29)7-5-21-1-2-22(4-3-21)6-8-24-11-15-27-19-30(32)20-28(27)16-12-24;1-17(2,3)9-8-12-4-6-13-10-15(16)11-14(13)7-5-12;1-7-10-5-3-9(13)4-6-11(10)8(2)12(7)14;1-2-9-3-5-10-7-12(13)8-11(10)6-4-9;11-9-3-1-7-5-10(12)6-8(7)2-4-9;7-5-1-2-6(8)4-3-5/h3-4,13-16,21-28,34-37H,1-2,5-12,29-33H2;1-4,9-20,31-32H;4-7,10-11,16H,1-3H3;3-6,14H,1-2H3;1,3-8,13H;1-6,12H;1-4H. The number of terminal acetylenes is 1. The number of hydrogen-bond donors (Lipinski definition) is 6. The maximum Gasteiger partial charge on any atom is 0.330 e. The van der Waals surface area contributed by atoms with Crippen LogP contribution in [0.2, 0.25) is 19.6 Å². The first kappa shape index (κ1) is 112. The lowest BCUT2D eigenvalue weighted by Crippen LogP contribution is -2.16. The Labute approximate surface area is 926 Å². The zero-order chi connectivity index (χ0) is 106. The zero-order valence-electron chi connectivity index (χ0n) is 84.0. The van der Waals surface area contributed by atoms with Crippen molar-refractivity contribution in [2.75, 3.05) is 33.0 Å². The molecule has 3 aromatic carbocycles. The molecule has 16 aliphatic carbocycles. The highest BCUT2D eigenvalue weighted by Gasteiger charge is 2.18. The topological polar surface area (TPSA) is 185 Å². The van der Waals surface area contributed by atoms with E-state index in [-0.39, 0.29) is 17.5 Å². The van der Waals surface area contributed by atoms with Crippen molar-refractivity contribution < 1.29 is 59.4 Å². The average Bonchev–Trinajstić information content (AvgIpc) is 1.64. The van der Waals surface area contributed by atoms with Crippen LogP contribution >= 0.6 is 77.0 Å². The lowest BCUT2D eigenvalue weighted by atomic mass is 10.1. The molecule has 3 aromatic rings. The average molecular weight is 2340 g/mol. The SMILES string of the molecule is C#Cc1ccc2cc(O)cc-2cc1.C=CCOOCCCCCCOc1cc2ccc(C#Cc3ccc(C#Cc4ccc5cc(OCCCCCCOC(=O)C=C)cc-5cc4)cc3)ccc-2c1.C[Si](C)(C)C#Cc1ccc2cc(O)cc-2cc1.Cc1c2ccc(Br)ccc-2c(C)c1O.Ic1ccc(I)cc1.Oc1cc2ccc(Br)ccc-2c1.Oc1cc2ccc(C#Cc3ccc(C#Cc4ccc5cc(O)cc-5cc4)cc3)ccc-2c1. The van der Waals surface area contributed by atoms with Crippen molar-refractivity contribution in [1.29, 1.82) is 0 Å². The van der Waals surface area contributed by atoms with E-state index in [2.05, 4.69) is 260 Å². The third-order valence-electron chi connectivity index (χ3n) is 23.4. The molecule has 150 heavy (non-hydrogen) atoms. The summed E-state index contributed by atoms with van der Waals surface area (Å²) >= 11 is 11.4. The molecule has 0 aliphatic heterocycles. The monoisotopic (exact) mass is 2340 g/mol. The first-order chi connectivity index (χ1) is 72.6. The Kier molecular flexibility index (Phi) is 42.6. The van der Waals surface area contributed by atoms with Crippen LogP contribution in [0.3, 0.4) is 0 Å². The smallest absolute Gasteiger partial charge is 0.330 e. The van der Waals surface area contributed by atoms with Gasteiger partial charge in [-0.05, 0) is 459 Å². The van der Waals surface area contributed by atoms with Gasteiger partial charge in [0.2, 0.25) is 0 Å². The number of hydrogen-bond acceptors (Lipinski definition) is 12. The number of ether oxygens (including phenoxy) is 3. The number of aromatic hydroxyl groups is 6. The summed E-state index contributed by atoms with van der Waals surface area (Å²) in [5, 5.41) is 56.8. The number of unbranched alkanes of at least 4 members (excludes halogenated alkanes) is 6. The van der Waals surface area contributed by atoms with Crippen LogP contribution in [0, 0.1) is 92.2 Å². The van der Waals surface area contributed by atoms with E-state index in [1.165, 1.54) is 13.2 Å². The zero-order valence-corrected chi connectivity index (χ0v) is 92.5. The van der Waals surface area contributed by atoms with E-state index >= 15 is 0 Å². The van der Waals surface area contributed by atoms with E-state index in [1.807, 2.05) is 220 Å². The molecule has 17 heteroatoms. The molecule has 0 bridgehead atoms. The molecule has 0 radical (unpaired) electrons. The highest BCUT2D eigenvalue weighted by molar-refractivity contribution is 14.1. The lowest BCUT2D eigenvalue weighted by Gasteiger charge is -2.04. The van der Waals surface area contributed by atoms with Crippen LogP contribution in [0.25, 0.3) is 89.0 Å². The first-order valence-electron chi connectivity index (χ1n) is 48.9. The van der Waals surface area contributed by atoms with E-state index in [4.69, 9.17) is 30.4 Å². The lowest BCUT2D eigenvalue weighted by molar-refractivity contribution is -0.286. The molecule has 16 aliphatic rings. The van der Waals surface area contributed by atoms with Crippen molar-refractivity contribution >= 4 is 91.1 Å². The molecule has 0 saturated heterocycles. The van der Waals surface area contributed by atoms with E-state index in [0.717, 1.165) is 228 Å². The molecule has 0 amide bonds. The highest BCUT2D eigenvalue weighted by Crippen LogP contribution is 2.42. The minimum Gasteiger partial charge on any atom is -0.508 e. The van der Waals surface area contributed by atoms with Crippen LogP contribution in [0.15, 0.2) is 386 Å². The van der Waals surface area contributed by atoms with Crippen molar-refractivity contribution in [3.05, 3.63) is 460 Å². The molecule has 0 spiro atoms. The molecule has 0 unspecified atom stereocenters. The number of carbonyl (C=O) groups is 1. The Morgan fingerprint density at radius 3 is 0.807 bits per heavy atom. The maximum atomic E-state index is 11.1. The number of esters is 1. The fourth-order valence-corrected chi connectivity index (χ4v) is 17.2. The second-order valence-corrected chi connectivity index (χ2v) is 45.2. The van der Waals surface area contributed by atoms with Crippen LogP contribution in [0.1, 0.15) is 118 Å². The van der Waals surface area contributed by atoms with Gasteiger partial charge in [0.05, 0.1) is 26.4 Å². The van der Waals surface area contributed by atoms with Crippen LogP contribution in [-0.4, -0.2) is 77.7 Å². The highest BCUT2D eigenvalue weighted by atomic mass is 127. The van der Waals surface area contributed by atoms with Gasteiger partial charge in [-0.15, -0.1) is 18.5 Å². The van der Waals surface area contributed by atoms with Gasteiger partial charge >= 0.3 is 5.97 Å². The van der Waals surface area contributed by atoms with Gasteiger partial charge in [-0.3, -0.25) is 0 Å². The van der Waals surface area contributed by atoms with E-state index in [0.29, 0.717) is 56.0 Å². The van der Waals surface area contributed by atoms with Gasteiger partial charge in [-0.2, -0.15) is 0 Å². The van der Waals surface area contributed by atoms with Crippen LogP contribution in [0.5, 0.6) is 46.0 Å². The molecule has 0 aromatic heterocycles. The predicted molar refractivity (Wildman–Crippen MR) is 637 cm³/mol. The third kappa shape index (κ3) is 36.2. The largest absolute Gasteiger partial charge is 0.508 e. The molecule has 0 saturated carbocycles. The number of fused-ring (bicyclic) bond motifs is 8. The summed E-state index contributed by atoms with van der Waals surface area (Å²) in [5.74, 6) is 35.0. The minimum atomic E-state index is -1.32. The van der Waals surface area contributed by atoms with Crippen molar-refractivity contribution in [2.45, 2.75) is 84.9 Å². The molecular weight excluding hydrogens is 2230 g/mol. The Bertz CT molecular complexity index is 7490. The van der Waals surface area contributed by atoms with Crippen molar-refractivity contribution in [2.24, 2.45) is 0 Å². The molecular formula is C133H112Br2I2O12Si. The summed E-state index contributed by atoms with van der Waals surface area (Å²) in [6.07, 6.45) is 16.1. The summed E-state index contributed by atoms with van der Waals surface area (Å²) < 4.78 is 21.7. The summed E-state index contributed by atoms with van der Waals surface area (Å²) in [6.45, 7) is 20.4. The minimum absolute atomic E-state index is 0.280. The predicted octanol–water partition coefficient (Wildman–Crippen LogP) is 32.8. The number of rotatable bonds is 20. The second kappa shape index (κ2) is 57.2. The number of carbonyl (C=O) groups excluding carboxylic acids is 1. The molecule has 19 rings (SSSR count). The fraction of sp³-hybridized carbons (Fsp3) is 0.135. The molecule has 0 heterocycles. The van der Waals surface area contributed by atoms with E-state index in [9.17, 15) is 35.4 Å². The van der Waals surface area contributed by atoms with Crippen LogP contribution < -0.4 is 9.47 Å². The third-order valence-corrected chi connectivity index (χ3v) is 26.8. The Morgan fingerprint density at radius 1 is 0.313 bits per heavy atom. The van der Waals surface area contributed by atoms with Crippen molar-refractivity contribution in [1.82, 2.24) is 0 Å². The van der Waals surface area contributed by atoms with Gasteiger partial charge in [0.25, 0.3) is 0 Å². The van der Waals surface area contributed by atoms with Gasteiger partial charge in [0.15, 0.2) is 0 Å². The molecule has 12 nitrogen and oxygen atoms in total. The molecule has 0 fully saturated rings. The fourth-order valence-electron chi connectivity index (χ4n) is 15.5. The molecule has 748 valence electrons. The molecule has 6 N–H and O–H groups in total. The van der Waals surface area contributed by atoms with Crippen molar-refractivity contribution in [3.8, 4) is 206 Å². The van der Waals surface area contributed by atoms with Crippen LogP contribution in [0.4, 0.5) is 0 Å². The number of benzene rings is 3.